The number of hydrogen-bond acceptors (Lipinski definition) is 5. The van der Waals surface area contributed by atoms with Gasteiger partial charge in [-0.2, -0.15) is 0 Å². The number of fused-ring (bicyclic) bond motifs is 1. The number of rotatable bonds is 7. The Morgan fingerprint density at radius 2 is 2.06 bits per heavy atom. The monoisotopic (exact) mass is 436 g/mol. The van der Waals surface area contributed by atoms with Crippen LogP contribution in [0.5, 0.6) is 0 Å². The number of aryl methyl sites for hydroxylation is 2. The molecule has 1 saturated heterocycles. The molecular formula is C23H24N4O3S. The standard InChI is InChI=1S/C23H24N4O3S/c1-15-9-16(26-8-5-24-14-26)3-4-18(15)19-10-21-20(11-22(31-21)23(29)30)27(19)7-2-6-25-12-17(28)13-25/h3-5,8-11,14,17,28H,2,6-7,12-13H2,1H3,(H,29,30). The van der Waals surface area contributed by atoms with Gasteiger partial charge in [-0.05, 0) is 43.2 Å². The molecule has 0 spiro atoms. The highest BCUT2D eigenvalue weighted by atomic mass is 32.1. The largest absolute Gasteiger partial charge is 0.477 e. The second-order valence-corrected chi connectivity index (χ2v) is 9.17. The van der Waals surface area contributed by atoms with Crippen molar-refractivity contribution >= 4 is 27.5 Å². The van der Waals surface area contributed by atoms with Gasteiger partial charge in [-0.1, -0.05) is 6.07 Å². The van der Waals surface area contributed by atoms with E-state index in [0.717, 1.165) is 65.3 Å². The highest BCUT2D eigenvalue weighted by molar-refractivity contribution is 7.20. The summed E-state index contributed by atoms with van der Waals surface area (Å²) >= 11 is 1.32. The van der Waals surface area contributed by atoms with E-state index < -0.39 is 5.97 Å². The molecule has 5 rings (SSSR count). The van der Waals surface area contributed by atoms with Gasteiger partial charge in [0.1, 0.15) is 4.88 Å². The number of carbonyl (C=O) groups is 1. The summed E-state index contributed by atoms with van der Waals surface area (Å²) in [5.41, 5.74) is 5.43. The van der Waals surface area contributed by atoms with E-state index in [4.69, 9.17) is 0 Å². The quantitative estimate of drug-likeness (QED) is 0.462. The van der Waals surface area contributed by atoms with Crippen molar-refractivity contribution in [3.05, 3.63) is 59.5 Å². The maximum absolute atomic E-state index is 11.5. The minimum atomic E-state index is -0.885. The number of aliphatic hydroxyl groups excluding tert-OH is 1. The smallest absolute Gasteiger partial charge is 0.345 e. The fraction of sp³-hybridized carbons (Fsp3) is 0.304. The van der Waals surface area contributed by atoms with Gasteiger partial charge in [0.25, 0.3) is 0 Å². The molecule has 0 amide bonds. The maximum atomic E-state index is 11.5. The van der Waals surface area contributed by atoms with Gasteiger partial charge in [-0.25, -0.2) is 9.78 Å². The molecule has 7 nitrogen and oxygen atoms in total. The van der Waals surface area contributed by atoms with Crippen LogP contribution >= 0.6 is 11.3 Å². The lowest BCUT2D eigenvalue weighted by Gasteiger charge is -2.35. The Labute approximate surface area is 183 Å². The molecule has 3 aromatic heterocycles. The topological polar surface area (TPSA) is 83.5 Å². The lowest BCUT2D eigenvalue weighted by Crippen LogP contribution is -2.50. The van der Waals surface area contributed by atoms with Crippen LogP contribution in [0.4, 0.5) is 0 Å². The Kier molecular flexibility index (Phi) is 5.13. The normalized spacial score (nSPS) is 14.9. The number of carboxylic acids is 1. The van der Waals surface area contributed by atoms with Gasteiger partial charge in [-0.3, -0.25) is 4.90 Å². The number of aliphatic hydroxyl groups is 1. The Morgan fingerprint density at radius 3 is 2.74 bits per heavy atom. The Morgan fingerprint density at radius 1 is 1.23 bits per heavy atom. The minimum absolute atomic E-state index is 0.194. The summed E-state index contributed by atoms with van der Waals surface area (Å²) in [5, 5.41) is 18.9. The van der Waals surface area contributed by atoms with Gasteiger partial charge in [-0.15, -0.1) is 11.3 Å². The molecule has 1 aliphatic rings. The van der Waals surface area contributed by atoms with Gasteiger partial charge >= 0.3 is 5.97 Å². The van der Waals surface area contributed by atoms with Crippen LogP contribution in [0, 0.1) is 6.92 Å². The third-order valence-electron chi connectivity index (χ3n) is 5.88. The first-order valence-electron chi connectivity index (χ1n) is 10.4. The zero-order valence-corrected chi connectivity index (χ0v) is 18.0. The van der Waals surface area contributed by atoms with Crippen LogP contribution in [0.15, 0.2) is 49.1 Å². The van der Waals surface area contributed by atoms with Crippen molar-refractivity contribution in [2.45, 2.75) is 26.0 Å². The zero-order valence-electron chi connectivity index (χ0n) is 17.2. The average Bonchev–Trinajstić information content (AvgIpc) is 3.43. The van der Waals surface area contributed by atoms with E-state index in [-0.39, 0.29) is 6.10 Å². The average molecular weight is 437 g/mol. The summed E-state index contributed by atoms with van der Waals surface area (Å²) in [6.45, 7) is 5.30. The number of benzene rings is 1. The van der Waals surface area contributed by atoms with Crippen LogP contribution in [0.3, 0.4) is 0 Å². The molecular weight excluding hydrogens is 412 g/mol. The van der Waals surface area contributed by atoms with Crippen molar-refractivity contribution in [1.82, 2.24) is 19.0 Å². The van der Waals surface area contributed by atoms with Crippen molar-refractivity contribution in [3.63, 3.8) is 0 Å². The molecule has 0 saturated carbocycles. The van der Waals surface area contributed by atoms with E-state index in [1.54, 1.807) is 18.6 Å². The first kappa shape index (κ1) is 20.0. The first-order valence-corrected chi connectivity index (χ1v) is 11.2. The minimum Gasteiger partial charge on any atom is -0.477 e. The highest BCUT2D eigenvalue weighted by Crippen LogP contribution is 2.36. The first-order chi connectivity index (χ1) is 15.0. The fourth-order valence-electron chi connectivity index (χ4n) is 4.30. The van der Waals surface area contributed by atoms with Gasteiger partial charge in [0.05, 0.1) is 28.3 Å². The van der Waals surface area contributed by atoms with E-state index in [9.17, 15) is 15.0 Å². The molecule has 0 unspecified atom stereocenters. The summed E-state index contributed by atoms with van der Waals surface area (Å²) in [4.78, 5) is 18.2. The van der Waals surface area contributed by atoms with Crippen molar-refractivity contribution in [3.8, 4) is 16.9 Å². The van der Waals surface area contributed by atoms with Crippen LogP contribution in [-0.2, 0) is 6.54 Å². The van der Waals surface area contributed by atoms with E-state index in [0.29, 0.717) is 4.88 Å². The summed E-state index contributed by atoms with van der Waals surface area (Å²) in [6, 6.07) is 10.3. The van der Waals surface area contributed by atoms with E-state index in [1.165, 1.54) is 11.3 Å². The lowest BCUT2D eigenvalue weighted by molar-refractivity contribution is 0.00129. The number of hydrogen-bond donors (Lipinski definition) is 2. The van der Waals surface area contributed by atoms with E-state index in [1.807, 2.05) is 10.8 Å². The lowest BCUT2D eigenvalue weighted by atomic mass is 10.0. The van der Waals surface area contributed by atoms with Crippen LogP contribution in [-0.4, -0.2) is 60.9 Å². The molecule has 0 aliphatic carbocycles. The number of aromatic carboxylic acids is 1. The maximum Gasteiger partial charge on any atom is 0.345 e. The molecule has 0 radical (unpaired) electrons. The van der Waals surface area contributed by atoms with Gasteiger partial charge in [0.2, 0.25) is 0 Å². The summed E-state index contributed by atoms with van der Waals surface area (Å²) < 4.78 is 5.22. The number of thiophene rings is 1. The number of nitrogens with zero attached hydrogens (tertiary/aromatic N) is 4. The Hall–Kier alpha value is -2.94. The molecule has 31 heavy (non-hydrogen) atoms. The number of aromatic nitrogens is 3. The van der Waals surface area contributed by atoms with E-state index in [2.05, 4.69) is 45.6 Å². The Bertz CT molecular complexity index is 1240. The van der Waals surface area contributed by atoms with Crippen LogP contribution in [0.2, 0.25) is 0 Å². The van der Waals surface area contributed by atoms with Gasteiger partial charge in [0, 0.05) is 49.8 Å². The van der Waals surface area contributed by atoms with Crippen LogP contribution in [0.25, 0.3) is 27.2 Å². The van der Waals surface area contributed by atoms with Crippen LogP contribution < -0.4 is 0 Å². The fourth-order valence-corrected chi connectivity index (χ4v) is 5.24. The number of likely N-dealkylation sites (tertiary alicyclic amines) is 1. The van der Waals surface area contributed by atoms with Crippen LogP contribution in [0.1, 0.15) is 21.7 Å². The van der Waals surface area contributed by atoms with Crippen molar-refractivity contribution in [1.29, 1.82) is 0 Å². The molecule has 4 heterocycles. The third-order valence-corrected chi connectivity index (χ3v) is 6.94. The molecule has 4 aromatic rings. The Balaban J connectivity index is 1.49. The molecule has 160 valence electrons. The summed E-state index contributed by atoms with van der Waals surface area (Å²) in [5.74, 6) is -0.885. The van der Waals surface area contributed by atoms with E-state index >= 15 is 0 Å². The molecule has 1 fully saturated rings. The molecule has 8 heteroatoms. The predicted molar refractivity (Wildman–Crippen MR) is 121 cm³/mol. The molecule has 1 aliphatic heterocycles. The second-order valence-electron chi connectivity index (χ2n) is 8.08. The molecule has 0 bridgehead atoms. The third kappa shape index (κ3) is 3.78. The summed E-state index contributed by atoms with van der Waals surface area (Å²) in [6.07, 6.45) is 6.22. The van der Waals surface area contributed by atoms with Gasteiger partial charge < -0.3 is 19.3 Å². The number of imidazole rings is 1. The summed E-state index contributed by atoms with van der Waals surface area (Å²) in [7, 11) is 0. The predicted octanol–water partition coefficient (Wildman–Crippen LogP) is 3.63. The van der Waals surface area contributed by atoms with Crippen molar-refractivity contribution < 1.29 is 15.0 Å². The van der Waals surface area contributed by atoms with Crippen molar-refractivity contribution in [2.75, 3.05) is 19.6 Å². The zero-order chi connectivity index (χ0) is 21.5. The molecule has 0 atom stereocenters. The highest BCUT2D eigenvalue weighted by Gasteiger charge is 2.24. The second kappa shape index (κ2) is 7.96. The molecule has 2 N–H and O–H groups in total. The van der Waals surface area contributed by atoms with Crippen molar-refractivity contribution in [2.24, 2.45) is 0 Å². The number of β-amino-alcohol motifs (C(OH)–C–C–N with tert-alkyl or cyclic N) is 1. The van der Waals surface area contributed by atoms with Gasteiger partial charge in [0.15, 0.2) is 0 Å². The SMILES string of the molecule is Cc1cc(-n2ccnc2)ccc1-c1cc2sc(C(=O)O)cc2n1CCCN1CC(O)C1. The molecule has 1 aromatic carbocycles. The number of carboxylic acid groups (broad SMARTS) is 1.